The number of hydrogen-bond donors (Lipinski definition) is 3. The van der Waals surface area contributed by atoms with E-state index in [1.165, 1.54) is 0 Å². The van der Waals surface area contributed by atoms with E-state index in [0.29, 0.717) is 12.4 Å². The molecule has 2 aromatic rings. The quantitative estimate of drug-likeness (QED) is 0.730. The summed E-state index contributed by atoms with van der Waals surface area (Å²) in [5.41, 5.74) is 2.00. The maximum absolute atomic E-state index is 11.5. The van der Waals surface area contributed by atoms with Crippen LogP contribution in [0.5, 0.6) is 0 Å². The van der Waals surface area contributed by atoms with Gasteiger partial charge in [-0.2, -0.15) is 0 Å². The summed E-state index contributed by atoms with van der Waals surface area (Å²) < 4.78 is 0. The average molecular weight is 299 g/mol. The predicted molar refractivity (Wildman–Crippen MR) is 83.5 cm³/mol. The summed E-state index contributed by atoms with van der Waals surface area (Å²) in [7, 11) is 0. The van der Waals surface area contributed by atoms with Gasteiger partial charge in [-0.3, -0.25) is 9.59 Å². The number of carbonyl (C=O) groups is 2. The predicted octanol–water partition coefficient (Wildman–Crippen LogP) is 2.50. The SMILES string of the molecule is O=C(O)CCC(=O)Nc1ccc(NCc2ccccc2)cn1. The van der Waals surface area contributed by atoms with Crippen LogP contribution in [0.1, 0.15) is 18.4 Å². The Morgan fingerprint density at radius 1 is 1.05 bits per heavy atom. The minimum absolute atomic E-state index is 0.0645. The van der Waals surface area contributed by atoms with E-state index in [2.05, 4.69) is 15.6 Å². The third-order valence-electron chi connectivity index (χ3n) is 2.94. The molecule has 0 bridgehead atoms. The summed E-state index contributed by atoms with van der Waals surface area (Å²) in [6, 6.07) is 13.5. The highest BCUT2D eigenvalue weighted by Gasteiger charge is 2.06. The average Bonchev–Trinajstić information content (AvgIpc) is 2.53. The second-order valence-corrected chi connectivity index (χ2v) is 4.71. The van der Waals surface area contributed by atoms with Crippen molar-refractivity contribution in [2.45, 2.75) is 19.4 Å². The van der Waals surface area contributed by atoms with Crippen LogP contribution in [0, 0.1) is 0 Å². The van der Waals surface area contributed by atoms with Crippen molar-refractivity contribution >= 4 is 23.4 Å². The number of amides is 1. The zero-order valence-corrected chi connectivity index (χ0v) is 12.0. The van der Waals surface area contributed by atoms with E-state index in [4.69, 9.17) is 5.11 Å². The van der Waals surface area contributed by atoms with Gasteiger partial charge < -0.3 is 15.7 Å². The van der Waals surface area contributed by atoms with Gasteiger partial charge in [-0.25, -0.2) is 4.98 Å². The fraction of sp³-hybridized carbons (Fsp3) is 0.188. The van der Waals surface area contributed by atoms with Gasteiger partial charge >= 0.3 is 5.97 Å². The first kappa shape index (κ1) is 15.5. The van der Waals surface area contributed by atoms with Crippen molar-refractivity contribution in [3.8, 4) is 0 Å². The van der Waals surface area contributed by atoms with E-state index in [9.17, 15) is 9.59 Å². The lowest BCUT2D eigenvalue weighted by Gasteiger charge is -2.08. The minimum Gasteiger partial charge on any atom is -0.481 e. The van der Waals surface area contributed by atoms with Crippen LogP contribution in [0.15, 0.2) is 48.7 Å². The molecule has 6 nitrogen and oxygen atoms in total. The fourth-order valence-electron chi connectivity index (χ4n) is 1.80. The van der Waals surface area contributed by atoms with E-state index >= 15 is 0 Å². The standard InChI is InChI=1S/C16H17N3O3/c20-15(8-9-16(21)22)19-14-7-6-13(11-18-14)17-10-12-4-2-1-3-5-12/h1-7,11,17H,8-10H2,(H,21,22)(H,18,19,20). The van der Waals surface area contributed by atoms with Crippen LogP contribution in [0.2, 0.25) is 0 Å². The molecule has 22 heavy (non-hydrogen) atoms. The molecule has 0 aliphatic carbocycles. The second-order valence-electron chi connectivity index (χ2n) is 4.71. The Bertz CT molecular complexity index is 627. The number of nitrogens with one attached hydrogen (secondary N) is 2. The molecule has 1 heterocycles. The van der Waals surface area contributed by atoms with Gasteiger partial charge in [-0.15, -0.1) is 0 Å². The first-order chi connectivity index (χ1) is 10.6. The number of carbonyl (C=O) groups excluding carboxylic acids is 1. The zero-order valence-electron chi connectivity index (χ0n) is 12.0. The number of carboxylic acids is 1. The molecule has 0 saturated carbocycles. The topological polar surface area (TPSA) is 91.3 Å². The Hall–Kier alpha value is -2.89. The Morgan fingerprint density at radius 3 is 2.45 bits per heavy atom. The van der Waals surface area contributed by atoms with Crippen molar-refractivity contribution in [3.05, 3.63) is 54.2 Å². The smallest absolute Gasteiger partial charge is 0.303 e. The number of hydrogen-bond acceptors (Lipinski definition) is 4. The van der Waals surface area contributed by atoms with E-state index in [1.807, 2.05) is 36.4 Å². The highest BCUT2D eigenvalue weighted by atomic mass is 16.4. The van der Waals surface area contributed by atoms with Gasteiger partial charge in [-0.1, -0.05) is 30.3 Å². The summed E-state index contributed by atoms with van der Waals surface area (Å²) >= 11 is 0. The lowest BCUT2D eigenvalue weighted by molar-refractivity contribution is -0.138. The third kappa shape index (κ3) is 5.24. The van der Waals surface area contributed by atoms with E-state index < -0.39 is 5.97 Å². The van der Waals surface area contributed by atoms with Crippen molar-refractivity contribution in [3.63, 3.8) is 0 Å². The number of anilines is 2. The van der Waals surface area contributed by atoms with Crippen LogP contribution < -0.4 is 10.6 Å². The minimum atomic E-state index is -0.997. The molecular weight excluding hydrogens is 282 g/mol. The van der Waals surface area contributed by atoms with Gasteiger partial charge in [0.25, 0.3) is 0 Å². The summed E-state index contributed by atoms with van der Waals surface area (Å²) in [5.74, 6) is -0.955. The first-order valence-corrected chi connectivity index (χ1v) is 6.89. The van der Waals surface area contributed by atoms with Crippen molar-refractivity contribution in [1.29, 1.82) is 0 Å². The molecule has 114 valence electrons. The van der Waals surface area contributed by atoms with Gasteiger partial charge in [0.1, 0.15) is 5.82 Å². The van der Waals surface area contributed by atoms with Crippen molar-refractivity contribution in [2.24, 2.45) is 0 Å². The number of pyridine rings is 1. The highest BCUT2D eigenvalue weighted by molar-refractivity contribution is 5.91. The molecule has 1 aromatic heterocycles. The van der Waals surface area contributed by atoms with E-state index in [-0.39, 0.29) is 18.7 Å². The lowest BCUT2D eigenvalue weighted by atomic mass is 10.2. The third-order valence-corrected chi connectivity index (χ3v) is 2.94. The Balaban J connectivity index is 1.82. The molecule has 0 spiro atoms. The van der Waals surface area contributed by atoms with Crippen LogP contribution in [0.25, 0.3) is 0 Å². The largest absolute Gasteiger partial charge is 0.481 e. The first-order valence-electron chi connectivity index (χ1n) is 6.89. The highest BCUT2D eigenvalue weighted by Crippen LogP contribution is 2.11. The normalized spacial score (nSPS) is 10.0. The molecule has 0 fully saturated rings. The molecule has 1 aromatic carbocycles. The molecule has 1 amide bonds. The maximum atomic E-state index is 11.5. The van der Waals surface area contributed by atoms with Crippen molar-refractivity contribution in [2.75, 3.05) is 10.6 Å². The molecule has 0 unspecified atom stereocenters. The van der Waals surface area contributed by atoms with Crippen LogP contribution >= 0.6 is 0 Å². The van der Waals surface area contributed by atoms with Gasteiger partial charge in [-0.05, 0) is 17.7 Å². The number of carboxylic acid groups (broad SMARTS) is 1. The number of benzene rings is 1. The number of rotatable bonds is 7. The number of nitrogens with zero attached hydrogens (tertiary/aromatic N) is 1. The molecule has 0 aliphatic rings. The van der Waals surface area contributed by atoms with Gasteiger partial charge in [0, 0.05) is 13.0 Å². The van der Waals surface area contributed by atoms with Crippen LogP contribution in [-0.4, -0.2) is 22.0 Å². The molecule has 0 radical (unpaired) electrons. The van der Waals surface area contributed by atoms with Crippen LogP contribution in [0.4, 0.5) is 11.5 Å². The Kier molecular flexibility index (Phi) is 5.48. The van der Waals surface area contributed by atoms with E-state index in [0.717, 1.165) is 11.3 Å². The Labute approximate surface area is 128 Å². The molecule has 0 saturated heterocycles. The van der Waals surface area contributed by atoms with E-state index in [1.54, 1.807) is 12.3 Å². The summed E-state index contributed by atoms with van der Waals surface area (Å²) in [4.78, 5) is 26.0. The fourth-order valence-corrected chi connectivity index (χ4v) is 1.80. The van der Waals surface area contributed by atoms with Gasteiger partial charge in [0.05, 0.1) is 18.3 Å². The van der Waals surface area contributed by atoms with Gasteiger partial charge in [0.2, 0.25) is 5.91 Å². The molecule has 3 N–H and O–H groups in total. The molecule has 0 aliphatic heterocycles. The zero-order chi connectivity index (χ0) is 15.8. The second kappa shape index (κ2) is 7.78. The summed E-state index contributed by atoms with van der Waals surface area (Å²) in [6.07, 6.45) is 1.36. The lowest BCUT2D eigenvalue weighted by Crippen LogP contribution is -2.14. The number of aromatic nitrogens is 1. The van der Waals surface area contributed by atoms with Crippen LogP contribution in [-0.2, 0) is 16.1 Å². The van der Waals surface area contributed by atoms with Crippen molar-refractivity contribution < 1.29 is 14.7 Å². The Morgan fingerprint density at radius 2 is 1.82 bits per heavy atom. The summed E-state index contributed by atoms with van der Waals surface area (Å²) in [6.45, 7) is 0.687. The maximum Gasteiger partial charge on any atom is 0.303 e. The monoisotopic (exact) mass is 299 g/mol. The molecule has 2 rings (SSSR count). The molecular formula is C16H17N3O3. The summed E-state index contributed by atoms with van der Waals surface area (Å²) in [5, 5.41) is 14.3. The molecule has 0 atom stereocenters. The van der Waals surface area contributed by atoms with Gasteiger partial charge in [0.15, 0.2) is 0 Å². The van der Waals surface area contributed by atoms with Crippen LogP contribution in [0.3, 0.4) is 0 Å². The van der Waals surface area contributed by atoms with Crippen molar-refractivity contribution in [1.82, 2.24) is 4.98 Å². The molecule has 6 heteroatoms. The number of aliphatic carboxylic acids is 1.